The van der Waals surface area contributed by atoms with Crippen LogP contribution in [0.15, 0.2) is 24.5 Å². The van der Waals surface area contributed by atoms with Crippen LogP contribution in [0.2, 0.25) is 0 Å². The van der Waals surface area contributed by atoms with Gasteiger partial charge in [-0.3, -0.25) is 0 Å². The van der Waals surface area contributed by atoms with Gasteiger partial charge in [-0.15, -0.1) is 0 Å². The second-order valence-corrected chi connectivity index (χ2v) is 8.35. The quantitative estimate of drug-likeness (QED) is 0.777. The Morgan fingerprint density at radius 3 is 2.88 bits per heavy atom. The second kappa shape index (κ2) is 5.34. The van der Waals surface area contributed by atoms with Crippen LogP contribution in [0.25, 0.3) is 21.9 Å². The van der Waals surface area contributed by atoms with Crippen LogP contribution in [-0.2, 0) is 9.84 Å². The molecule has 0 aliphatic carbocycles. The molecule has 0 amide bonds. The van der Waals surface area contributed by atoms with Crippen molar-refractivity contribution in [2.45, 2.75) is 12.5 Å². The highest BCUT2D eigenvalue weighted by Gasteiger charge is 2.32. The first-order valence-electron chi connectivity index (χ1n) is 7.72. The largest absolute Gasteiger partial charge is 0.497 e. The number of H-pyrrole nitrogens is 1. The minimum Gasteiger partial charge on any atom is -0.497 e. The van der Waals surface area contributed by atoms with Gasteiger partial charge in [0.25, 0.3) is 0 Å². The van der Waals surface area contributed by atoms with Crippen molar-refractivity contribution in [1.82, 2.24) is 15.0 Å². The van der Waals surface area contributed by atoms with E-state index in [0.717, 1.165) is 33.5 Å². The van der Waals surface area contributed by atoms with Crippen molar-refractivity contribution < 1.29 is 13.2 Å². The molecule has 1 aliphatic rings. The summed E-state index contributed by atoms with van der Waals surface area (Å²) < 4.78 is 28.8. The van der Waals surface area contributed by atoms with Crippen LogP contribution in [0.1, 0.15) is 6.42 Å². The van der Waals surface area contributed by atoms with Gasteiger partial charge in [0.15, 0.2) is 15.7 Å². The molecule has 126 valence electrons. The molecule has 1 N–H and O–H groups in total. The van der Waals surface area contributed by atoms with Crippen molar-refractivity contribution >= 4 is 37.6 Å². The number of benzene rings is 1. The van der Waals surface area contributed by atoms with Gasteiger partial charge in [0.05, 0.1) is 18.6 Å². The molecule has 4 rings (SSSR count). The molecule has 0 bridgehead atoms. The molecule has 1 saturated heterocycles. The minimum atomic E-state index is -2.95. The van der Waals surface area contributed by atoms with Crippen molar-refractivity contribution in [3.63, 3.8) is 0 Å². The SMILES string of the molecule is COc1ccc2[nH]c3c(N(C)C4CCS(=O)(=O)C4)ncnc3c2c1. The zero-order chi connectivity index (χ0) is 16.9. The van der Waals surface area contributed by atoms with Gasteiger partial charge in [-0.05, 0) is 24.6 Å². The molecule has 1 atom stereocenters. The Bertz CT molecular complexity index is 1030. The lowest BCUT2D eigenvalue weighted by Gasteiger charge is -2.24. The second-order valence-electron chi connectivity index (χ2n) is 6.13. The Labute approximate surface area is 139 Å². The third kappa shape index (κ3) is 2.37. The molecule has 1 unspecified atom stereocenters. The number of aromatic nitrogens is 3. The number of hydrogen-bond donors (Lipinski definition) is 1. The summed E-state index contributed by atoms with van der Waals surface area (Å²) in [6.45, 7) is 0. The summed E-state index contributed by atoms with van der Waals surface area (Å²) in [5.74, 6) is 1.89. The van der Waals surface area contributed by atoms with E-state index in [-0.39, 0.29) is 17.5 Å². The van der Waals surface area contributed by atoms with Crippen molar-refractivity contribution in [3.05, 3.63) is 24.5 Å². The maximum absolute atomic E-state index is 11.8. The molecule has 2 aromatic heterocycles. The number of anilines is 1. The van der Waals surface area contributed by atoms with Crippen molar-refractivity contribution in [2.24, 2.45) is 0 Å². The number of rotatable bonds is 3. The van der Waals surface area contributed by atoms with Crippen LogP contribution in [0.4, 0.5) is 5.82 Å². The molecule has 3 aromatic rings. The summed E-state index contributed by atoms with van der Waals surface area (Å²) in [7, 11) is 0.571. The van der Waals surface area contributed by atoms with Crippen LogP contribution in [0, 0.1) is 0 Å². The molecule has 3 heterocycles. The highest BCUT2D eigenvalue weighted by Crippen LogP contribution is 2.32. The Balaban J connectivity index is 1.84. The average Bonchev–Trinajstić information content (AvgIpc) is 3.13. The lowest BCUT2D eigenvalue weighted by atomic mass is 10.2. The Hall–Kier alpha value is -2.35. The van der Waals surface area contributed by atoms with E-state index in [1.54, 1.807) is 7.11 Å². The van der Waals surface area contributed by atoms with Crippen LogP contribution in [-0.4, -0.2) is 55.1 Å². The number of nitrogens with one attached hydrogen (secondary N) is 1. The summed E-state index contributed by atoms with van der Waals surface area (Å²) in [6, 6.07) is 5.71. The maximum Gasteiger partial charge on any atom is 0.156 e. The molecule has 0 spiro atoms. The molecular weight excluding hydrogens is 328 g/mol. The fourth-order valence-electron chi connectivity index (χ4n) is 3.31. The summed E-state index contributed by atoms with van der Waals surface area (Å²) in [6.07, 6.45) is 2.14. The number of fused-ring (bicyclic) bond motifs is 3. The van der Waals surface area contributed by atoms with Gasteiger partial charge in [-0.1, -0.05) is 0 Å². The number of methoxy groups -OCH3 is 1. The Morgan fingerprint density at radius 1 is 1.33 bits per heavy atom. The summed E-state index contributed by atoms with van der Waals surface area (Å²) in [5.41, 5.74) is 2.56. The molecule has 7 nitrogen and oxygen atoms in total. The number of aromatic amines is 1. The highest BCUT2D eigenvalue weighted by molar-refractivity contribution is 7.91. The van der Waals surface area contributed by atoms with Crippen LogP contribution in [0.3, 0.4) is 0 Å². The van der Waals surface area contributed by atoms with E-state index >= 15 is 0 Å². The van der Waals surface area contributed by atoms with Gasteiger partial charge in [0.1, 0.15) is 23.1 Å². The Morgan fingerprint density at radius 2 is 2.17 bits per heavy atom. The van der Waals surface area contributed by atoms with Crippen molar-refractivity contribution in [2.75, 3.05) is 30.6 Å². The first-order chi connectivity index (χ1) is 11.5. The molecule has 1 aliphatic heterocycles. The van der Waals surface area contributed by atoms with E-state index in [0.29, 0.717) is 6.42 Å². The van der Waals surface area contributed by atoms with E-state index < -0.39 is 9.84 Å². The molecule has 0 saturated carbocycles. The van der Waals surface area contributed by atoms with Gasteiger partial charge < -0.3 is 14.6 Å². The molecule has 1 fully saturated rings. The number of nitrogens with zero attached hydrogens (tertiary/aromatic N) is 3. The van der Waals surface area contributed by atoms with E-state index in [1.807, 2.05) is 30.1 Å². The van der Waals surface area contributed by atoms with Crippen LogP contribution < -0.4 is 9.64 Å². The zero-order valence-corrected chi connectivity index (χ0v) is 14.3. The first kappa shape index (κ1) is 15.2. The number of hydrogen-bond acceptors (Lipinski definition) is 6. The fourth-order valence-corrected chi connectivity index (χ4v) is 5.08. The molecule has 1 aromatic carbocycles. The Kier molecular flexibility index (Phi) is 3.38. The minimum absolute atomic E-state index is 0.0611. The third-order valence-electron chi connectivity index (χ3n) is 4.66. The number of ether oxygens (including phenoxy) is 1. The average molecular weight is 346 g/mol. The molecule has 8 heteroatoms. The standard InChI is InChI=1S/C16H18N4O3S/c1-20(10-5-6-24(21,22)8-10)16-15-14(17-9-18-16)12-7-11(23-2)3-4-13(12)19-15/h3-4,7,9-10,19H,5-6,8H2,1-2H3. The maximum atomic E-state index is 11.8. The van der Waals surface area contributed by atoms with E-state index in [4.69, 9.17) is 4.74 Å². The van der Waals surface area contributed by atoms with E-state index in [2.05, 4.69) is 15.0 Å². The zero-order valence-electron chi connectivity index (χ0n) is 13.5. The predicted molar refractivity (Wildman–Crippen MR) is 93.4 cm³/mol. The third-order valence-corrected chi connectivity index (χ3v) is 6.41. The fraction of sp³-hybridized carbons (Fsp3) is 0.375. The predicted octanol–water partition coefficient (Wildman–Crippen LogP) is 1.74. The topological polar surface area (TPSA) is 88.2 Å². The van der Waals surface area contributed by atoms with Gasteiger partial charge in [0.2, 0.25) is 0 Å². The highest BCUT2D eigenvalue weighted by atomic mass is 32.2. The molecule has 24 heavy (non-hydrogen) atoms. The smallest absolute Gasteiger partial charge is 0.156 e. The lowest BCUT2D eigenvalue weighted by Crippen LogP contribution is -2.33. The summed E-state index contributed by atoms with van der Waals surface area (Å²) in [4.78, 5) is 14.1. The van der Waals surface area contributed by atoms with Gasteiger partial charge in [0, 0.05) is 24.0 Å². The van der Waals surface area contributed by atoms with Gasteiger partial charge in [-0.2, -0.15) is 0 Å². The van der Waals surface area contributed by atoms with Crippen LogP contribution in [0.5, 0.6) is 5.75 Å². The first-order valence-corrected chi connectivity index (χ1v) is 9.54. The summed E-state index contributed by atoms with van der Waals surface area (Å²) >= 11 is 0. The van der Waals surface area contributed by atoms with E-state index in [1.165, 1.54) is 6.33 Å². The molecule has 0 radical (unpaired) electrons. The van der Waals surface area contributed by atoms with Crippen LogP contribution >= 0.6 is 0 Å². The molecular formula is C16H18N4O3S. The lowest BCUT2D eigenvalue weighted by molar-refractivity contribution is 0.415. The normalized spacial score (nSPS) is 19.8. The van der Waals surface area contributed by atoms with E-state index in [9.17, 15) is 8.42 Å². The monoisotopic (exact) mass is 346 g/mol. The number of sulfone groups is 1. The van der Waals surface area contributed by atoms with Crippen molar-refractivity contribution in [3.8, 4) is 5.75 Å². The van der Waals surface area contributed by atoms with Gasteiger partial charge >= 0.3 is 0 Å². The van der Waals surface area contributed by atoms with Crippen molar-refractivity contribution in [1.29, 1.82) is 0 Å². The summed E-state index contributed by atoms with van der Waals surface area (Å²) in [5, 5.41) is 0.959. The van der Waals surface area contributed by atoms with Gasteiger partial charge in [-0.25, -0.2) is 18.4 Å².